The zero-order valence-electron chi connectivity index (χ0n) is 12.5. The number of amides is 1. The number of aromatic nitrogens is 3. The molecule has 22 heavy (non-hydrogen) atoms. The van der Waals surface area contributed by atoms with Crippen LogP contribution in [-0.4, -0.2) is 27.2 Å². The van der Waals surface area contributed by atoms with E-state index in [1.54, 1.807) is 22.4 Å². The standard InChI is InChI=1S/C16H18N4OS/c1-2-6-15(21)20(12-11-19-10-5-9-17-19)16-18-13-7-3-4-8-14(13)22-16/h3-5,7-10H,2,6,11-12H2,1H3. The van der Waals surface area contributed by atoms with Gasteiger partial charge >= 0.3 is 0 Å². The van der Waals surface area contributed by atoms with E-state index in [1.807, 2.05) is 48.1 Å². The van der Waals surface area contributed by atoms with Crippen molar-refractivity contribution in [2.75, 3.05) is 11.4 Å². The Hall–Kier alpha value is -2.21. The Morgan fingerprint density at radius 1 is 1.32 bits per heavy atom. The largest absolute Gasteiger partial charge is 0.286 e. The topological polar surface area (TPSA) is 51.0 Å². The molecule has 2 aromatic heterocycles. The van der Waals surface area contributed by atoms with Gasteiger partial charge in [-0.05, 0) is 24.6 Å². The van der Waals surface area contributed by atoms with Gasteiger partial charge in [-0.3, -0.25) is 14.4 Å². The van der Waals surface area contributed by atoms with Gasteiger partial charge in [0.25, 0.3) is 0 Å². The summed E-state index contributed by atoms with van der Waals surface area (Å²) < 4.78 is 2.94. The number of rotatable bonds is 6. The Labute approximate surface area is 133 Å². The van der Waals surface area contributed by atoms with Gasteiger partial charge < -0.3 is 0 Å². The molecule has 0 N–H and O–H groups in total. The molecule has 2 heterocycles. The van der Waals surface area contributed by atoms with Crippen molar-refractivity contribution < 1.29 is 4.79 Å². The molecule has 0 saturated carbocycles. The Morgan fingerprint density at radius 2 is 2.18 bits per heavy atom. The van der Waals surface area contributed by atoms with Crippen molar-refractivity contribution in [3.05, 3.63) is 42.7 Å². The summed E-state index contributed by atoms with van der Waals surface area (Å²) in [6.07, 6.45) is 5.02. The van der Waals surface area contributed by atoms with E-state index in [2.05, 4.69) is 10.1 Å². The number of fused-ring (bicyclic) bond motifs is 1. The van der Waals surface area contributed by atoms with Crippen molar-refractivity contribution in [3.63, 3.8) is 0 Å². The van der Waals surface area contributed by atoms with Crippen molar-refractivity contribution in [1.82, 2.24) is 14.8 Å². The highest BCUT2D eigenvalue weighted by atomic mass is 32.1. The number of anilines is 1. The zero-order valence-corrected chi connectivity index (χ0v) is 13.3. The van der Waals surface area contributed by atoms with Crippen LogP contribution in [0.2, 0.25) is 0 Å². The molecule has 0 unspecified atom stereocenters. The van der Waals surface area contributed by atoms with E-state index in [-0.39, 0.29) is 5.91 Å². The first-order chi connectivity index (χ1) is 10.8. The quantitative estimate of drug-likeness (QED) is 0.701. The average Bonchev–Trinajstić information content (AvgIpc) is 3.16. The molecule has 1 amide bonds. The molecule has 6 heteroatoms. The lowest BCUT2D eigenvalue weighted by molar-refractivity contribution is -0.118. The van der Waals surface area contributed by atoms with Gasteiger partial charge in [-0.2, -0.15) is 5.10 Å². The van der Waals surface area contributed by atoms with Crippen molar-refractivity contribution >= 4 is 32.6 Å². The van der Waals surface area contributed by atoms with E-state index in [4.69, 9.17) is 0 Å². The summed E-state index contributed by atoms with van der Waals surface area (Å²) in [7, 11) is 0. The Kier molecular flexibility index (Phi) is 4.48. The highest BCUT2D eigenvalue weighted by molar-refractivity contribution is 7.22. The number of benzene rings is 1. The molecule has 3 rings (SSSR count). The van der Waals surface area contributed by atoms with Crippen LogP contribution in [0, 0.1) is 0 Å². The van der Waals surface area contributed by atoms with Crippen LogP contribution in [0.15, 0.2) is 42.7 Å². The number of carbonyl (C=O) groups excluding carboxylic acids is 1. The summed E-state index contributed by atoms with van der Waals surface area (Å²) in [4.78, 5) is 18.8. The van der Waals surface area contributed by atoms with Crippen molar-refractivity contribution in [2.24, 2.45) is 0 Å². The van der Waals surface area contributed by atoms with E-state index in [0.717, 1.165) is 21.8 Å². The Balaban J connectivity index is 1.84. The Bertz CT molecular complexity index is 717. The summed E-state index contributed by atoms with van der Waals surface area (Å²) in [6.45, 7) is 3.26. The minimum atomic E-state index is 0.119. The molecule has 0 aliphatic carbocycles. The average molecular weight is 314 g/mol. The zero-order chi connectivity index (χ0) is 15.4. The predicted molar refractivity (Wildman–Crippen MR) is 89.1 cm³/mol. The second kappa shape index (κ2) is 6.70. The molecule has 0 spiro atoms. The number of nitrogens with zero attached hydrogens (tertiary/aromatic N) is 4. The third-order valence-corrected chi connectivity index (χ3v) is 4.45. The first kappa shape index (κ1) is 14.7. The highest BCUT2D eigenvalue weighted by Gasteiger charge is 2.18. The molecule has 0 bridgehead atoms. The Morgan fingerprint density at radius 3 is 2.91 bits per heavy atom. The van der Waals surface area contributed by atoms with Gasteiger partial charge in [0, 0.05) is 25.4 Å². The van der Waals surface area contributed by atoms with Crippen LogP contribution in [-0.2, 0) is 11.3 Å². The minimum absolute atomic E-state index is 0.119. The molecule has 0 aliphatic rings. The molecule has 3 aromatic rings. The fourth-order valence-electron chi connectivity index (χ4n) is 2.29. The minimum Gasteiger partial charge on any atom is -0.286 e. The number of thiazole rings is 1. The first-order valence-corrected chi connectivity index (χ1v) is 8.23. The van der Waals surface area contributed by atoms with Gasteiger partial charge in [0.05, 0.1) is 16.8 Å². The van der Waals surface area contributed by atoms with Gasteiger partial charge in [-0.25, -0.2) is 4.98 Å². The molecule has 0 atom stereocenters. The lowest BCUT2D eigenvalue weighted by atomic mass is 10.3. The molecular weight excluding hydrogens is 296 g/mol. The molecule has 0 saturated heterocycles. The van der Waals surface area contributed by atoms with Gasteiger partial charge in [-0.15, -0.1) is 0 Å². The van der Waals surface area contributed by atoms with Crippen LogP contribution in [0.4, 0.5) is 5.13 Å². The van der Waals surface area contributed by atoms with E-state index in [1.165, 1.54) is 0 Å². The van der Waals surface area contributed by atoms with E-state index in [0.29, 0.717) is 19.5 Å². The third-order valence-electron chi connectivity index (χ3n) is 3.39. The number of para-hydroxylation sites is 1. The molecule has 5 nitrogen and oxygen atoms in total. The van der Waals surface area contributed by atoms with Gasteiger partial charge in [0.1, 0.15) is 0 Å². The van der Waals surface area contributed by atoms with Crippen LogP contribution in [0.1, 0.15) is 19.8 Å². The van der Waals surface area contributed by atoms with E-state index >= 15 is 0 Å². The summed E-state index contributed by atoms with van der Waals surface area (Å²) in [6, 6.07) is 9.85. The van der Waals surface area contributed by atoms with Gasteiger partial charge in [0.2, 0.25) is 5.91 Å². The van der Waals surface area contributed by atoms with E-state index < -0.39 is 0 Å². The monoisotopic (exact) mass is 314 g/mol. The van der Waals surface area contributed by atoms with Gasteiger partial charge in [0.15, 0.2) is 5.13 Å². The van der Waals surface area contributed by atoms with Crippen LogP contribution < -0.4 is 4.90 Å². The van der Waals surface area contributed by atoms with Crippen LogP contribution in [0.5, 0.6) is 0 Å². The lowest BCUT2D eigenvalue weighted by Gasteiger charge is -2.19. The normalized spacial score (nSPS) is 11.0. The lowest BCUT2D eigenvalue weighted by Crippen LogP contribution is -2.33. The van der Waals surface area contributed by atoms with Crippen molar-refractivity contribution in [3.8, 4) is 0 Å². The molecular formula is C16H18N4OS. The second-order valence-corrected chi connectivity index (χ2v) is 6.04. The summed E-state index contributed by atoms with van der Waals surface area (Å²) >= 11 is 1.56. The maximum Gasteiger partial charge on any atom is 0.228 e. The molecule has 1 aromatic carbocycles. The number of carbonyl (C=O) groups is 1. The summed E-state index contributed by atoms with van der Waals surface area (Å²) in [5.74, 6) is 0.119. The molecule has 114 valence electrons. The fraction of sp³-hybridized carbons (Fsp3) is 0.312. The maximum atomic E-state index is 12.4. The van der Waals surface area contributed by atoms with Gasteiger partial charge in [-0.1, -0.05) is 30.4 Å². The van der Waals surface area contributed by atoms with E-state index in [9.17, 15) is 4.79 Å². The van der Waals surface area contributed by atoms with Crippen LogP contribution >= 0.6 is 11.3 Å². The molecule has 0 radical (unpaired) electrons. The SMILES string of the molecule is CCCC(=O)N(CCn1cccn1)c1nc2ccccc2s1. The predicted octanol–water partition coefficient (Wildman–Crippen LogP) is 3.33. The fourth-order valence-corrected chi connectivity index (χ4v) is 3.30. The number of hydrogen-bond acceptors (Lipinski definition) is 4. The highest BCUT2D eigenvalue weighted by Crippen LogP contribution is 2.29. The van der Waals surface area contributed by atoms with Crippen molar-refractivity contribution in [2.45, 2.75) is 26.3 Å². The third kappa shape index (κ3) is 3.17. The maximum absolute atomic E-state index is 12.4. The molecule has 0 aliphatic heterocycles. The van der Waals surface area contributed by atoms with Crippen LogP contribution in [0.25, 0.3) is 10.2 Å². The number of hydrogen-bond donors (Lipinski definition) is 0. The summed E-state index contributed by atoms with van der Waals surface area (Å²) in [5.41, 5.74) is 0.941. The summed E-state index contributed by atoms with van der Waals surface area (Å²) in [5, 5.41) is 4.96. The van der Waals surface area contributed by atoms with Crippen molar-refractivity contribution in [1.29, 1.82) is 0 Å². The molecule has 0 fully saturated rings. The second-order valence-electron chi connectivity index (χ2n) is 5.03. The smallest absolute Gasteiger partial charge is 0.228 e. The van der Waals surface area contributed by atoms with Crippen LogP contribution in [0.3, 0.4) is 0 Å². The first-order valence-electron chi connectivity index (χ1n) is 7.41.